The van der Waals surface area contributed by atoms with Crippen LogP contribution in [-0.2, 0) is 20.9 Å². The van der Waals surface area contributed by atoms with Gasteiger partial charge in [0.1, 0.15) is 6.04 Å². The fraction of sp³-hybridized carbons (Fsp3) is 0.423. The van der Waals surface area contributed by atoms with Crippen LogP contribution in [0, 0.1) is 11.8 Å². The number of anilines is 1. The quantitative estimate of drug-likeness (QED) is 0.540. The van der Waals surface area contributed by atoms with E-state index in [2.05, 4.69) is 10.6 Å². The molecule has 3 fully saturated rings. The molecule has 178 valence electrons. The Balaban J connectivity index is 1.41. The van der Waals surface area contributed by atoms with Gasteiger partial charge in [-0.15, -0.1) is 11.8 Å². The zero-order valence-electron chi connectivity index (χ0n) is 18.9. The Morgan fingerprint density at radius 3 is 2.47 bits per heavy atom. The number of fused-ring (bicyclic) bond motifs is 1. The van der Waals surface area contributed by atoms with Crippen LogP contribution in [0.15, 0.2) is 60.7 Å². The lowest BCUT2D eigenvalue weighted by Gasteiger charge is -2.34. The summed E-state index contributed by atoms with van der Waals surface area (Å²) in [6, 6.07) is 18.3. The predicted octanol–water partition coefficient (Wildman–Crippen LogP) is 2.42. The van der Waals surface area contributed by atoms with Gasteiger partial charge in [-0.25, -0.2) is 0 Å². The zero-order valence-corrected chi connectivity index (χ0v) is 19.7. The molecule has 0 aliphatic carbocycles. The molecule has 5 atom stereocenters. The van der Waals surface area contributed by atoms with E-state index < -0.39 is 22.6 Å². The van der Waals surface area contributed by atoms with Crippen molar-refractivity contribution in [3.63, 3.8) is 0 Å². The van der Waals surface area contributed by atoms with Crippen molar-refractivity contribution in [3.05, 3.63) is 66.2 Å². The van der Waals surface area contributed by atoms with Crippen LogP contribution in [0.5, 0.6) is 0 Å². The molecule has 8 heteroatoms. The SMILES string of the molecule is O=C(NCc1ccccc1)C1N(CCCO)C(=O)[C@@H]2[C@@H](C(=O)Nc3ccccc3)[C@H]3CCC12S3. The van der Waals surface area contributed by atoms with Crippen LogP contribution in [0.3, 0.4) is 0 Å². The number of carbonyl (C=O) groups excluding carboxylic acids is 3. The van der Waals surface area contributed by atoms with Gasteiger partial charge in [-0.05, 0) is 37.0 Å². The van der Waals surface area contributed by atoms with Gasteiger partial charge in [0.25, 0.3) is 0 Å². The fourth-order valence-electron chi connectivity index (χ4n) is 5.86. The summed E-state index contributed by atoms with van der Waals surface area (Å²) < 4.78 is -0.614. The van der Waals surface area contributed by atoms with E-state index in [9.17, 15) is 19.5 Å². The number of aliphatic hydroxyl groups excluding tert-OH is 1. The number of thioether (sulfide) groups is 1. The summed E-state index contributed by atoms with van der Waals surface area (Å²) in [7, 11) is 0. The van der Waals surface area contributed by atoms with Crippen molar-refractivity contribution in [2.75, 3.05) is 18.5 Å². The maximum absolute atomic E-state index is 13.7. The van der Waals surface area contributed by atoms with Crippen LogP contribution in [0.2, 0.25) is 0 Å². The highest BCUT2D eigenvalue weighted by molar-refractivity contribution is 8.02. The molecule has 5 rings (SSSR count). The highest BCUT2D eigenvalue weighted by atomic mass is 32.2. The largest absolute Gasteiger partial charge is 0.396 e. The molecule has 2 aromatic rings. The summed E-state index contributed by atoms with van der Waals surface area (Å²) in [6.07, 6.45) is 1.93. The zero-order chi connectivity index (χ0) is 23.7. The first-order valence-electron chi connectivity index (χ1n) is 11.8. The van der Waals surface area contributed by atoms with E-state index in [0.29, 0.717) is 25.2 Å². The van der Waals surface area contributed by atoms with E-state index in [1.807, 2.05) is 60.7 Å². The minimum absolute atomic E-state index is 0.0158. The van der Waals surface area contributed by atoms with Gasteiger partial charge in [-0.2, -0.15) is 0 Å². The molecule has 3 saturated heterocycles. The number of aliphatic hydroxyl groups is 1. The molecule has 3 aliphatic heterocycles. The van der Waals surface area contributed by atoms with Crippen molar-refractivity contribution in [2.45, 2.75) is 41.8 Å². The van der Waals surface area contributed by atoms with Crippen LogP contribution in [-0.4, -0.2) is 56.9 Å². The molecule has 0 aromatic heterocycles. The normalized spacial score (nSPS) is 29.2. The Kier molecular flexibility index (Phi) is 6.36. The first kappa shape index (κ1) is 22.9. The van der Waals surface area contributed by atoms with Gasteiger partial charge in [-0.3, -0.25) is 14.4 Å². The lowest BCUT2D eigenvalue weighted by Crippen LogP contribution is -2.53. The molecule has 2 aromatic carbocycles. The van der Waals surface area contributed by atoms with Crippen molar-refractivity contribution in [2.24, 2.45) is 11.8 Å². The topological polar surface area (TPSA) is 98.7 Å². The molecular weight excluding hydrogens is 450 g/mol. The molecule has 34 heavy (non-hydrogen) atoms. The number of hydrogen-bond donors (Lipinski definition) is 3. The second-order valence-electron chi connectivity index (χ2n) is 9.22. The molecule has 3 N–H and O–H groups in total. The van der Waals surface area contributed by atoms with Crippen LogP contribution in [0.1, 0.15) is 24.8 Å². The van der Waals surface area contributed by atoms with E-state index in [-0.39, 0.29) is 29.6 Å². The van der Waals surface area contributed by atoms with E-state index >= 15 is 0 Å². The third kappa shape index (κ3) is 3.88. The van der Waals surface area contributed by atoms with E-state index in [0.717, 1.165) is 18.4 Å². The van der Waals surface area contributed by atoms with Gasteiger partial charge in [0.2, 0.25) is 17.7 Å². The Morgan fingerprint density at radius 2 is 1.76 bits per heavy atom. The minimum Gasteiger partial charge on any atom is -0.396 e. The highest BCUT2D eigenvalue weighted by Gasteiger charge is 2.73. The van der Waals surface area contributed by atoms with Gasteiger partial charge in [0, 0.05) is 30.6 Å². The van der Waals surface area contributed by atoms with Crippen molar-refractivity contribution >= 4 is 35.2 Å². The van der Waals surface area contributed by atoms with Crippen molar-refractivity contribution in [1.82, 2.24) is 10.2 Å². The third-order valence-corrected chi connectivity index (χ3v) is 9.21. The van der Waals surface area contributed by atoms with Crippen LogP contribution in [0.4, 0.5) is 5.69 Å². The maximum atomic E-state index is 13.7. The standard InChI is InChI=1S/C26H29N3O4S/c30-15-7-14-29-22(24(32)27-16-17-8-3-1-4-9-17)26-13-12-19(34-26)20(21(26)25(29)33)23(31)28-18-10-5-2-6-11-18/h1-6,8-11,19-22,30H,7,12-16H2,(H,27,32)(H,28,31)/t19-,20+,21+,22?,26?/m1/s1. The van der Waals surface area contributed by atoms with Gasteiger partial charge < -0.3 is 20.6 Å². The second-order valence-corrected chi connectivity index (χ2v) is 10.8. The number of likely N-dealkylation sites (tertiary alicyclic amines) is 1. The summed E-state index contributed by atoms with van der Waals surface area (Å²) >= 11 is 1.65. The summed E-state index contributed by atoms with van der Waals surface area (Å²) in [5.74, 6) is -1.50. The van der Waals surface area contributed by atoms with Crippen LogP contribution >= 0.6 is 11.8 Å². The van der Waals surface area contributed by atoms with Crippen molar-refractivity contribution in [3.8, 4) is 0 Å². The molecule has 2 unspecified atom stereocenters. The molecule has 1 spiro atoms. The van der Waals surface area contributed by atoms with E-state index in [1.165, 1.54) is 0 Å². The first-order valence-corrected chi connectivity index (χ1v) is 12.7. The van der Waals surface area contributed by atoms with Gasteiger partial charge in [-0.1, -0.05) is 48.5 Å². The van der Waals surface area contributed by atoms with Crippen molar-refractivity contribution < 1.29 is 19.5 Å². The highest BCUT2D eigenvalue weighted by Crippen LogP contribution is 2.66. The van der Waals surface area contributed by atoms with Gasteiger partial charge in [0.05, 0.1) is 16.6 Å². The smallest absolute Gasteiger partial charge is 0.244 e. The molecule has 0 saturated carbocycles. The monoisotopic (exact) mass is 479 g/mol. The Labute approximate surface area is 203 Å². The summed E-state index contributed by atoms with van der Waals surface area (Å²) in [5.41, 5.74) is 1.69. The molecule has 3 heterocycles. The molecule has 0 radical (unpaired) electrons. The van der Waals surface area contributed by atoms with E-state index in [1.54, 1.807) is 16.7 Å². The fourth-order valence-corrected chi connectivity index (χ4v) is 8.08. The second kappa shape index (κ2) is 9.43. The minimum atomic E-state index is -0.648. The summed E-state index contributed by atoms with van der Waals surface area (Å²) in [6.45, 7) is 0.619. The summed E-state index contributed by atoms with van der Waals surface area (Å²) in [5, 5.41) is 15.5. The number of rotatable bonds is 8. The van der Waals surface area contributed by atoms with Crippen molar-refractivity contribution in [1.29, 1.82) is 0 Å². The average molecular weight is 480 g/mol. The summed E-state index contributed by atoms with van der Waals surface area (Å²) in [4.78, 5) is 42.2. The average Bonchev–Trinajstić information content (AvgIpc) is 3.50. The molecule has 7 nitrogen and oxygen atoms in total. The predicted molar refractivity (Wildman–Crippen MR) is 131 cm³/mol. The Morgan fingerprint density at radius 1 is 1.06 bits per heavy atom. The van der Waals surface area contributed by atoms with Gasteiger partial charge in [0.15, 0.2) is 0 Å². The maximum Gasteiger partial charge on any atom is 0.244 e. The lowest BCUT2D eigenvalue weighted by atomic mass is 9.70. The lowest BCUT2D eigenvalue weighted by molar-refractivity contribution is -0.139. The number of nitrogens with one attached hydrogen (secondary N) is 2. The molecule has 2 bridgehead atoms. The number of para-hydroxylation sites is 1. The number of amides is 3. The first-order chi connectivity index (χ1) is 16.5. The number of hydrogen-bond acceptors (Lipinski definition) is 5. The Bertz CT molecular complexity index is 1070. The van der Waals surface area contributed by atoms with Crippen LogP contribution in [0.25, 0.3) is 0 Å². The van der Waals surface area contributed by atoms with Crippen LogP contribution < -0.4 is 10.6 Å². The molecule has 3 aliphatic rings. The Hall–Kier alpha value is -2.84. The molecular formula is C26H29N3O4S. The number of carbonyl (C=O) groups is 3. The van der Waals surface area contributed by atoms with Gasteiger partial charge >= 0.3 is 0 Å². The number of nitrogens with zero attached hydrogens (tertiary/aromatic N) is 1. The molecule has 3 amide bonds. The number of benzene rings is 2. The van der Waals surface area contributed by atoms with E-state index in [4.69, 9.17) is 0 Å². The third-order valence-electron chi connectivity index (χ3n) is 7.26.